The van der Waals surface area contributed by atoms with Crippen molar-refractivity contribution in [3.05, 3.63) is 124 Å². The van der Waals surface area contributed by atoms with Gasteiger partial charge in [0.1, 0.15) is 76.6 Å². The molecule has 2 aliphatic heterocycles. The van der Waals surface area contributed by atoms with Crippen molar-refractivity contribution >= 4 is 117 Å². The molecule has 584 valence electrons. The normalized spacial score (nSPS) is 17.0. The third-order valence-corrected chi connectivity index (χ3v) is 18.5. The number of fused-ring (bicyclic) bond motifs is 2. The molecule has 9 atom stereocenters. The highest BCUT2D eigenvalue weighted by atomic mass is 35.5. The van der Waals surface area contributed by atoms with Crippen molar-refractivity contribution in [2.75, 3.05) is 39.3 Å². The molecule has 0 bridgehead atoms. The second-order valence-corrected chi connectivity index (χ2v) is 27.2. The number of para-hydroxylation sites is 1. The van der Waals surface area contributed by atoms with Crippen LogP contribution in [-0.4, -0.2) is 217 Å². The number of aromatic amines is 2. The number of aliphatic hydroxyl groups is 2. The number of unbranched alkanes of at least 4 members (excludes halogenated alkanes) is 1. The summed E-state index contributed by atoms with van der Waals surface area (Å²) in [5, 5.41) is 55.9. The number of nitrogens with two attached hydrogens (primary N) is 3. The number of amides is 11. The Morgan fingerprint density at radius 1 is 0.697 bits per heavy atom. The lowest BCUT2D eigenvalue weighted by Gasteiger charge is -2.30. The van der Waals surface area contributed by atoms with Crippen molar-refractivity contribution in [2.45, 2.75) is 158 Å². The maximum atomic E-state index is 15.1. The van der Waals surface area contributed by atoms with Crippen molar-refractivity contribution in [1.82, 2.24) is 73.2 Å². The third-order valence-electron chi connectivity index (χ3n) is 18.1. The average Bonchev–Trinajstić information content (AvgIpc) is 1.46. The SMILES string of the molecule is CC(C)C[C@H](NC(=O)[C@H](CCCCNC(=O)CCN=C1C(=O)c2ccccc2C(O)=C1Cl)NC(=O)[C@H](Cc1ccc(O)cc1)NC(=O)[C@H](CO)NC(=O)[C@H](Cc1c[nH]c2ccccc12)NC(=O)[C@H](Cc1c[nH]cn1)NOC(=O)C1CCC(=O)N1)C(=O)N[C@@H](CCCN=C(N)N)C(=O)N1CCC[C@H]1C(=O)NCC(N)=O. The van der Waals surface area contributed by atoms with Crippen molar-refractivity contribution in [3.63, 3.8) is 0 Å². The van der Waals surface area contributed by atoms with E-state index in [0.717, 1.165) is 0 Å². The Morgan fingerprint density at radius 3 is 2.01 bits per heavy atom. The van der Waals surface area contributed by atoms with Gasteiger partial charge < -0.3 is 100 Å². The summed E-state index contributed by atoms with van der Waals surface area (Å²) in [5.74, 6) is -11.4. The summed E-state index contributed by atoms with van der Waals surface area (Å²) in [7, 11) is 0. The summed E-state index contributed by atoms with van der Waals surface area (Å²) in [6.07, 6.45) is 4.34. The largest absolute Gasteiger partial charge is 0.508 e. The van der Waals surface area contributed by atoms with E-state index in [1.807, 2.05) is 0 Å². The van der Waals surface area contributed by atoms with Crippen LogP contribution >= 0.6 is 11.6 Å². The number of ketones is 1. The number of imidazole rings is 1. The van der Waals surface area contributed by atoms with Gasteiger partial charge in [-0.2, -0.15) is 0 Å². The maximum absolute atomic E-state index is 15.1. The molecule has 4 heterocycles. The van der Waals surface area contributed by atoms with Crippen LogP contribution in [0.2, 0.25) is 0 Å². The van der Waals surface area contributed by atoms with Gasteiger partial charge in [-0.15, -0.1) is 5.48 Å². The van der Waals surface area contributed by atoms with E-state index >= 15 is 9.59 Å². The number of aliphatic hydroxyl groups excluding tert-OH is 2. The summed E-state index contributed by atoms with van der Waals surface area (Å²) in [6, 6.07) is 5.99. The van der Waals surface area contributed by atoms with Gasteiger partial charge in [0.05, 0.1) is 25.2 Å². The Balaban J connectivity index is 1.03. The molecule has 0 spiro atoms. The lowest BCUT2D eigenvalue weighted by Crippen LogP contribution is -2.61. The fourth-order valence-corrected chi connectivity index (χ4v) is 12.7. The molecule has 2 aromatic heterocycles. The molecule has 2 saturated heterocycles. The predicted octanol–water partition coefficient (Wildman–Crippen LogP) is -1.61. The number of allylic oxidation sites excluding steroid dienone is 1. The number of hydrogen-bond acceptors (Lipinski definition) is 21. The first-order chi connectivity index (χ1) is 52.2. The minimum atomic E-state index is -1.87. The molecule has 0 radical (unpaired) electrons. The van der Waals surface area contributed by atoms with Crippen molar-refractivity contribution in [2.24, 2.45) is 33.1 Å². The van der Waals surface area contributed by atoms with Crippen LogP contribution in [0, 0.1) is 5.92 Å². The number of Topliss-reactive ketones (excluding diaryl/α,β-unsaturated/α-hetero) is 1. The van der Waals surface area contributed by atoms with Gasteiger partial charge in [-0.1, -0.05) is 80.0 Å². The third kappa shape index (κ3) is 24.1. The quantitative estimate of drug-likeness (QED) is 0.00908. The predicted molar refractivity (Wildman–Crippen MR) is 395 cm³/mol. The average molecular weight is 1530 g/mol. The first-order valence-corrected chi connectivity index (χ1v) is 36.0. The molecular formula is C72H92ClN19O17. The highest BCUT2D eigenvalue weighted by molar-refractivity contribution is 6.65. The molecule has 11 amide bonds. The smallest absolute Gasteiger partial charge is 0.347 e. The highest BCUT2D eigenvalue weighted by Crippen LogP contribution is 2.31. The second-order valence-electron chi connectivity index (χ2n) is 26.8. The van der Waals surface area contributed by atoms with Crippen LogP contribution in [-0.2, 0) is 81.6 Å². The number of nitrogens with one attached hydrogen (secondary N) is 12. The Labute approximate surface area is 630 Å². The zero-order valence-corrected chi connectivity index (χ0v) is 60.8. The number of carbonyl (C=O) groups excluding carboxylic acids is 13. The van der Waals surface area contributed by atoms with E-state index < -0.39 is 138 Å². The molecule has 1 unspecified atom stereocenters. The van der Waals surface area contributed by atoms with E-state index in [2.05, 4.69) is 78.3 Å². The van der Waals surface area contributed by atoms with Crippen LogP contribution in [0.4, 0.5) is 0 Å². The fourth-order valence-electron chi connectivity index (χ4n) is 12.5. The van der Waals surface area contributed by atoms with Gasteiger partial charge in [-0.05, 0) is 93.0 Å². The van der Waals surface area contributed by atoms with Gasteiger partial charge in [0.25, 0.3) is 0 Å². The molecule has 36 nitrogen and oxygen atoms in total. The number of nitrogens with zero attached hydrogens (tertiary/aromatic N) is 4. The van der Waals surface area contributed by atoms with Crippen LogP contribution < -0.4 is 70.5 Å². The number of carbonyl (C=O) groups is 13. The van der Waals surface area contributed by atoms with E-state index in [-0.39, 0.29) is 161 Å². The van der Waals surface area contributed by atoms with E-state index in [1.54, 1.807) is 56.4 Å². The summed E-state index contributed by atoms with van der Waals surface area (Å²) in [6.45, 7) is 1.88. The molecule has 8 rings (SSSR count). The molecule has 109 heavy (non-hydrogen) atoms. The Bertz CT molecular complexity index is 4220. The van der Waals surface area contributed by atoms with E-state index in [9.17, 15) is 68.1 Å². The van der Waals surface area contributed by atoms with Crippen molar-refractivity contribution < 1.29 is 82.5 Å². The van der Waals surface area contributed by atoms with Crippen LogP contribution in [0.25, 0.3) is 16.7 Å². The van der Waals surface area contributed by atoms with Gasteiger partial charge in [0.15, 0.2) is 5.96 Å². The highest BCUT2D eigenvalue weighted by Gasteiger charge is 2.41. The molecule has 5 aromatic rings. The van der Waals surface area contributed by atoms with E-state index in [0.29, 0.717) is 34.1 Å². The minimum Gasteiger partial charge on any atom is -0.508 e. The summed E-state index contributed by atoms with van der Waals surface area (Å²) >= 11 is 6.34. The Kier molecular flexibility index (Phi) is 30.6. The Morgan fingerprint density at radius 2 is 1.33 bits per heavy atom. The van der Waals surface area contributed by atoms with Gasteiger partial charge in [0, 0.05) is 92.7 Å². The number of aliphatic imine (C=N–C) groups is 2. The fraction of sp³-hybridized carbons (Fsp3) is 0.444. The standard InChI is InChI=1S/C72H92ClN19O17/c1-38(2)29-50(64(101)86-48(16-9-26-80-72(75)76)70(107)92-28-10-17-55(92)69(106)82-35-56(74)95)87-63(100)47(15-7-8-25-78-57(96)24-27-79-60-59(73)61(98)44-12-3-4-13-45(44)62(60)99)85-65(102)51(30-39-18-20-42(94)21-19-39)88-68(105)54(36-93)90-66(103)52(31-40-33-81-46-14-6-5-11-43(40)46)89-67(104)53(32-41-34-77-37-83-41)91-109-71(108)49-22-23-58(97)84-49/h3-6,11-14,18-21,33-34,37-38,47-55,81,91,93-94,98H,7-10,15-17,22-32,35-36H2,1-2H3,(H2,74,95)(H,77,83)(H,78,96)(H,82,106)(H,84,97)(H,85,102)(H,86,101)(H,87,100)(H,88,105)(H,89,104)(H,90,103)(H4,75,76,80)/t47-,48-,49?,50-,51-,52-,53-,54-,55-/m0/s1. The topological polar surface area (TPSA) is 563 Å². The van der Waals surface area contributed by atoms with E-state index in [1.165, 1.54) is 53.8 Å². The molecule has 3 aromatic carbocycles. The number of aromatic nitrogens is 3. The first kappa shape index (κ1) is 82.9. The molecule has 2 fully saturated rings. The lowest BCUT2D eigenvalue weighted by atomic mass is 9.93. The van der Waals surface area contributed by atoms with Gasteiger partial charge in [-0.25, -0.2) is 9.78 Å². The zero-order chi connectivity index (χ0) is 78.8. The lowest BCUT2D eigenvalue weighted by molar-refractivity contribution is -0.157. The Hall–Kier alpha value is -11.8. The van der Waals surface area contributed by atoms with Crippen LogP contribution in [0.15, 0.2) is 107 Å². The van der Waals surface area contributed by atoms with Crippen molar-refractivity contribution in [3.8, 4) is 5.75 Å². The molecule has 3 aliphatic rings. The number of likely N-dealkylation sites (tertiary alicyclic amines) is 1. The first-order valence-electron chi connectivity index (χ1n) is 35.6. The molecule has 37 heteroatoms. The summed E-state index contributed by atoms with van der Waals surface area (Å²) < 4.78 is 0. The number of phenols is 1. The van der Waals surface area contributed by atoms with Crippen LogP contribution in [0.1, 0.15) is 117 Å². The number of benzene rings is 3. The number of primary amides is 1. The molecule has 0 saturated carbocycles. The molecule has 21 N–H and O–H groups in total. The van der Waals surface area contributed by atoms with Gasteiger partial charge in [-0.3, -0.25) is 67.5 Å². The van der Waals surface area contributed by atoms with E-state index in [4.69, 9.17) is 33.6 Å². The van der Waals surface area contributed by atoms with Crippen LogP contribution in [0.5, 0.6) is 5.75 Å². The van der Waals surface area contributed by atoms with Crippen molar-refractivity contribution in [1.29, 1.82) is 0 Å². The number of phenolic OH excluding ortho intramolecular Hbond substituents is 1. The molecular weight excluding hydrogens is 1440 g/mol. The van der Waals surface area contributed by atoms with Crippen LogP contribution in [0.3, 0.4) is 0 Å². The summed E-state index contributed by atoms with van der Waals surface area (Å²) in [5.41, 5.74) is 20.9. The minimum absolute atomic E-state index is 0.00748. The van der Waals surface area contributed by atoms with Gasteiger partial charge in [0.2, 0.25) is 70.8 Å². The van der Waals surface area contributed by atoms with Gasteiger partial charge >= 0.3 is 5.97 Å². The summed E-state index contributed by atoms with van der Waals surface area (Å²) in [4.78, 5) is 205. The number of halogens is 1. The molecule has 1 aliphatic carbocycles. The number of hydrogen-bond donors (Lipinski definition) is 18. The number of hydroxylamine groups is 1. The number of rotatable bonds is 40. The number of H-pyrrole nitrogens is 2. The maximum Gasteiger partial charge on any atom is 0.347 e. The number of guanidine groups is 1. The number of aromatic hydroxyl groups is 1. The zero-order valence-electron chi connectivity index (χ0n) is 60.0. The monoisotopic (exact) mass is 1530 g/mol. The second kappa shape index (κ2) is 40.2.